The fourth-order valence-corrected chi connectivity index (χ4v) is 4.44. The summed E-state index contributed by atoms with van der Waals surface area (Å²) in [6, 6.07) is 21.7. The zero-order valence-electron chi connectivity index (χ0n) is 15.6. The van der Waals surface area contributed by atoms with Gasteiger partial charge in [-0.3, -0.25) is 9.10 Å². The zero-order chi connectivity index (χ0) is 20.9. The van der Waals surface area contributed by atoms with Crippen LogP contribution in [0.2, 0.25) is 0 Å². The van der Waals surface area contributed by atoms with Crippen LogP contribution in [0.1, 0.15) is 0 Å². The fourth-order valence-electron chi connectivity index (χ4n) is 2.62. The predicted molar refractivity (Wildman–Crippen MR) is 113 cm³/mol. The molecule has 0 aliphatic heterocycles. The third-order valence-corrected chi connectivity index (χ3v) is 6.56. The number of thioether (sulfide) groups is 1. The first-order valence-electron chi connectivity index (χ1n) is 8.62. The van der Waals surface area contributed by atoms with Gasteiger partial charge in [-0.25, -0.2) is 8.42 Å². The standard InChI is InChI=1S/C21H19NO5S2/c1-28-19-11-13-20(14-12-19)29(25,26)22(15-21(23)24)16-7-9-18(10-8-16)27-17-5-3-2-4-6-17/h2-14H,15H2,1H3,(H,23,24). The van der Waals surface area contributed by atoms with Crippen LogP contribution in [-0.2, 0) is 14.8 Å². The van der Waals surface area contributed by atoms with Crippen LogP contribution in [0.3, 0.4) is 0 Å². The average molecular weight is 430 g/mol. The maximum absolute atomic E-state index is 13.1. The Kier molecular flexibility index (Phi) is 6.46. The van der Waals surface area contributed by atoms with Crippen LogP contribution in [0.15, 0.2) is 88.7 Å². The first kappa shape index (κ1) is 20.8. The molecule has 3 aromatic rings. The summed E-state index contributed by atoms with van der Waals surface area (Å²) in [5, 5.41) is 9.25. The maximum Gasteiger partial charge on any atom is 0.324 e. The molecule has 3 rings (SSSR count). The molecule has 0 bridgehead atoms. The van der Waals surface area contributed by atoms with Gasteiger partial charge in [0.1, 0.15) is 18.0 Å². The number of carbonyl (C=O) groups is 1. The van der Waals surface area contributed by atoms with Crippen molar-refractivity contribution in [3.8, 4) is 11.5 Å². The molecule has 0 aromatic heterocycles. The molecule has 0 aliphatic carbocycles. The number of carboxylic acids is 1. The maximum atomic E-state index is 13.1. The molecular formula is C21H19NO5S2. The van der Waals surface area contributed by atoms with E-state index in [4.69, 9.17) is 4.74 Å². The number of sulfonamides is 1. The molecule has 6 nitrogen and oxygen atoms in total. The summed E-state index contributed by atoms with van der Waals surface area (Å²) in [5.74, 6) is -0.0972. The number of hydrogen-bond donors (Lipinski definition) is 1. The minimum Gasteiger partial charge on any atom is -0.480 e. The van der Waals surface area contributed by atoms with Gasteiger partial charge in [0.2, 0.25) is 0 Å². The Balaban J connectivity index is 1.90. The SMILES string of the molecule is CSc1ccc(S(=O)(=O)N(CC(=O)O)c2ccc(Oc3ccccc3)cc2)cc1. The summed E-state index contributed by atoms with van der Waals surface area (Å²) in [6.45, 7) is -0.689. The van der Waals surface area contributed by atoms with Crippen LogP contribution in [-0.4, -0.2) is 32.3 Å². The number of carboxylic acid groups (broad SMARTS) is 1. The van der Waals surface area contributed by atoms with Gasteiger partial charge >= 0.3 is 5.97 Å². The van der Waals surface area contributed by atoms with Crippen molar-refractivity contribution in [1.82, 2.24) is 0 Å². The van der Waals surface area contributed by atoms with E-state index in [0.717, 1.165) is 9.20 Å². The summed E-state index contributed by atoms with van der Waals surface area (Å²) in [6.07, 6.45) is 1.89. The van der Waals surface area contributed by atoms with Crippen LogP contribution in [0.4, 0.5) is 5.69 Å². The molecule has 8 heteroatoms. The summed E-state index contributed by atoms with van der Waals surface area (Å²) < 4.78 is 32.7. The molecule has 29 heavy (non-hydrogen) atoms. The Morgan fingerprint density at radius 3 is 2.07 bits per heavy atom. The van der Waals surface area contributed by atoms with Gasteiger partial charge in [0, 0.05) is 4.90 Å². The van der Waals surface area contributed by atoms with Crippen LogP contribution in [0.5, 0.6) is 11.5 Å². The first-order chi connectivity index (χ1) is 13.9. The van der Waals surface area contributed by atoms with Crippen molar-refractivity contribution < 1.29 is 23.1 Å². The Labute approximate surface area is 173 Å². The number of nitrogens with zero attached hydrogens (tertiary/aromatic N) is 1. The molecule has 0 spiro atoms. The van der Waals surface area contributed by atoms with E-state index >= 15 is 0 Å². The summed E-state index contributed by atoms with van der Waals surface area (Å²) >= 11 is 1.49. The average Bonchev–Trinajstić information content (AvgIpc) is 2.73. The smallest absolute Gasteiger partial charge is 0.324 e. The Hall–Kier alpha value is -2.97. The molecular weight excluding hydrogens is 410 g/mol. The highest BCUT2D eigenvalue weighted by atomic mass is 32.2. The first-order valence-corrected chi connectivity index (χ1v) is 11.3. The van der Waals surface area contributed by atoms with E-state index in [1.54, 1.807) is 36.4 Å². The van der Waals surface area contributed by atoms with E-state index in [9.17, 15) is 18.3 Å². The molecule has 0 heterocycles. The summed E-state index contributed by atoms with van der Waals surface area (Å²) in [4.78, 5) is 12.3. The van der Waals surface area contributed by atoms with E-state index in [-0.39, 0.29) is 10.6 Å². The monoisotopic (exact) mass is 429 g/mol. The molecule has 150 valence electrons. The van der Waals surface area contributed by atoms with Crippen LogP contribution in [0.25, 0.3) is 0 Å². The molecule has 3 aromatic carbocycles. The Morgan fingerprint density at radius 2 is 1.52 bits per heavy atom. The lowest BCUT2D eigenvalue weighted by molar-refractivity contribution is -0.135. The molecule has 0 radical (unpaired) electrons. The van der Waals surface area contributed by atoms with Crippen molar-refractivity contribution in [2.45, 2.75) is 9.79 Å². The van der Waals surface area contributed by atoms with Gasteiger partial charge in [0.25, 0.3) is 10.0 Å². The second kappa shape index (κ2) is 9.02. The van der Waals surface area contributed by atoms with Crippen LogP contribution in [0, 0.1) is 0 Å². The van der Waals surface area contributed by atoms with Crippen molar-refractivity contribution in [1.29, 1.82) is 0 Å². The van der Waals surface area contributed by atoms with Gasteiger partial charge in [0.05, 0.1) is 10.6 Å². The Bertz CT molecular complexity index is 1070. The highest BCUT2D eigenvalue weighted by Gasteiger charge is 2.27. The van der Waals surface area contributed by atoms with Crippen molar-refractivity contribution in [3.05, 3.63) is 78.9 Å². The number of anilines is 1. The lowest BCUT2D eigenvalue weighted by atomic mass is 10.3. The predicted octanol–water partition coefficient (Wildman–Crippen LogP) is 4.48. The number of benzene rings is 3. The van der Waals surface area contributed by atoms with Crippen molar-refractivity contribution in [3.63, 3.8) is 0 Å². The summed E-state index contributed by atoms with van der Waals surface area (Å²) in [5.41, 5.74) is 0.238. The van der Waals surface area contributed by atoms with Gasteiger partial charge < -0.3 is 9.84 Å². The second-order valence-corrected chi connectivity index (χ2v) is 8.73. The number of ether oxygens (including phenoxy) is 1. The third-order valence-electron chi connectivity index (χ3n) is 4.03. The van der Waals surface area contributed by atoms with Gasteiger partial charge in [-0.1, -0.05) is 18.2 Å². The molecule has 0 saturated heterocycles. The van der Waals surface area contributed by atoms with E-state index in [1.807, 2.05) is 24.5 Å². The van der Waals surface area contributed by atoms with Gasteiger partial charge in [-0.05, 0) is 66.9 Å². The largest absolute Gasteiger partial charge is 0.480 e. The second-order valence-electron chi connectivity index (χ2n) is 5.99. The molecule has 0 atom stereocenters. The van der Waals surface area contributed by atoms with Crippen LogP contribution < -0.4 is 9.04 Å². The highest BCUT2D eigenvalue weighted by Crippen LogP contribution is 2.28. The topological polar surface area (TPSA) is 83.9 Å². The van der Waals surface area contributed by atoms with E-state index in [2.05, 4.69) is 0 Å². The van der Waals surface area contributed by atoms with Gasteiger partial charge in [0.15, 0.2) is 0 Å². The number of rotatable bonds is 8. The molecule has 0 amide bonds. The lowest BCUT2D eigenvalue weighted by Crippen LogP contribution is -2.35. The fraction of sp³-hybridized carbons (Fsp3) is 0.0952. The molecule has 0 saturated carbocycles. The minimum absolute atomic E-state index is 0.0289. The van der Waals surface area contributed by atoms with Crippen molar-refractivity contribution >= 4 is 33.4 Å². The van der Waals surface area contributed by atoms with Crippen molar-refractivity contribution in [2.75, 3.05) is 17.1 Å². The van der Waals surface area contributed by atoms with Gasteiger partial charge in [-0.15, -0.1) is 11.8 Å². The Morgan fingerprint density at radius 1 is 0.931 bits per heavy atom. The third kappa shape index (κ3) is 5.10. The quantitative estimate of drug-likeness (QED) is 0.532. The molecule has 0 aliphatic rings. The summed E-state index contributed by atoms with van der Waals surface area (Å²) in [7, 11) is -4.04. The van der Waals surface area contributed by atoms with E-state index < -0.39 is 22.5 Å². The molecule has 1 N–H and O–H groups in total. The zero-order valence-corrected chi connectivity index (χ0v) is 17.2. The number of hydrogen-bond acceptors (Lipinski definition) is 5. The van der Waals surface area contributed by atoms with Crippen molar-refractivity contribution in [2.24, 2.45) is 0 Å². The normalized spacial score (nSPS) is 11.1. The minimum atomic E-state index is -4.04. The molecule has 0 fully saturated rings. The van der Waals surface area contributed by atoms with Gasteiger partial charge in [-0.2, -0.15) is 0 Å². The number of para-hydroxylation sites is 1. The van der Waals surface area contributed by atoms with Crippen LogP contribution >= 0.6 is 11.8 Å². The highest BCUT2D eigenvalue weighted by molar-refractivity contribution is 7.98. The van der Waals surface area contributed by atoms with E-state index in [0.29, 0.717) is 11.5 Å². The number of aliphatic carboxylic acids is 1. The lowest BCUT2D eigenvalue weighted by Gasteiger charge is -2.23. The molecule has 0 unspecified atom stereocenters. The van der Waals surface area contributed by atoms with E-state index in [1.165, 1.54) is 36.0 Å².